The lowest BCUT2D eigenvalue weighted by Gasteiger charge is -2.09. The van der Waals surface area contributed by atoms with Gasteiger partial charge in [0.2, 0.25) is 0 Å². The normalized spacial score (nSPS) is 10.9. The van der Waals surface area contributed by atoms with Gasteiger partial charge in [0, 0.05) is 12.1 Å². The van der Waals surface area contributed by atoms with Gasteiger partial charge in [-0.25, -0.2) is 9.37 Å². The van der Waals surface area contributed by atoms with Crippen molar-refractivity contribution in [3.8, 4) is 0 Å². The number of hydrogen-bond donors (Lipinski definition) is 0. The summed E-state index contributed by atoms with van der Waals surface area (Å²) in [6.45, 7) is 3.99. The molecule has 2 heterocycles. The molecular weight excluding hydrogens is 347 g/mol. The van der Waals surface area contributed by atoms with E-state index in [1.54, 1.807) is 12.1 Å². The van der Waals surface area contributed by atoms with E-state index < -0.39 is 0 Å². The van der Waals surface area contributed by atoms with Crippen LogP contribution in [0.1, 0.15) is 10.4 Å². The zero-order valence-corrected chi connectivity index (χ0v) is 14.2. The van der Waals surface area contributed by atoms with E-state index in [1.165, 1.54) is 51.9 Å². The molecule has 24 heavy (non-hydrogen) atoms. The van der Waals surface area contributed by atoms with Gasteiger partial charge in [-0.3, -0.25) is 14.2 Å². The van der Waals surface area contributed by atoms with Gasteiger partial charge in [0.1, 0.15) is 10.5 Å². The third kappa shape index (κ3) is 3.32. The molecule has 0 saturated carbocycles. The van der Waals surface area contributed by atoms with E-state index in [2.05, 4.69) is 11.6 Å². The molecule has 1 aromatic carbocycles. The average molecular weight is 360 g/mol. The molecule has 3 aromatic rings. The smallest absolute Gasteiger partial charge is 0.272 e. The molecular formula is C17H13FN2O2S2. The highest BCUT2D eigenvalue weighted by Gasteiger charge is 2.14. The van der Waals surface area contributed by atoms with Gasteiger partial charge in [0.05, 0.1) is 11.3 Å². The Morgan fingerprint density at radius 3 is 2.79 bits per heavy atom. The summed E-state index contributed by atoms with van der Waals surface area (Å²) in [5.41, 5.74) is 0.923. The third-order valence-electron chi connectivity index (χ3n) is 3.34. The number of fused-ring (bicyclic) bond motifs is 1. The van der Waals surface area contributed by atoms with Gasteiger partial charge in [-0.1, -0.05) is 17.8 Å². The summed E-state index contributed by atoms with van der Waals surface area (Å²) in [7, 11) is 0. The van der Waals surface area contributed by atoms with Crippen molar-refractivity contribution in [1.82, 2.24) is 9.55 Å². The van der Waals surface area contributed by atoms with Crippen LogP contribution < -0.4 is 5.56 Å². The Hall–Kier alpha value is -2.25. The second-order valence-corrected chi connectivity index (χ2v) is 6.81. The molecule has 0 fully saturated rings. The Morgan fingerprint density at radius 1 is 1.33 bits per heavy atom. The van der Waals surface area contributed by atoms with Crippen LogP contribution in [0.3, 0.4) is 0 Å². The van der Waals surface area contributed by atoms with E-state index >= 15 is 0 Å². The minimum absolute atomic E-state index is 0.116. The Labute approximate surface area is 145 Å². The van der Waals surface area contributed by atoms with Crippen molar-refractivity contribution in [1.29, 1.82) is 0 Å². The van der Waals surface area contributed by atoms with Crippen LogP contribution in [0, 0.1) is 5.82 Å². The predicted octanol–water partition coefficient (Wildman–Crippen LogP) is 3.76. The molecule has 7 heteroatoms. The first-order chi connectivity index (χ1) is 11.6. The van der Waals surface area contributed by atoms with E-state index in [1.807, 2.05) is 5.38 Å². The average Bonchev–Trinajstić information content (AvgIpc) is 3.05. The Balaban J connectivity index is 1.87. The fourth-order valence-corrected chi connectivity index (χ4v) is 3.85. The molecule has 2 aromatic heterocycles. The maximum Gasteiger partial charge on any atom is 0.272 e. The van der Waals surface area contributed by atoms with Crippen molar-refractivity contribution < 1.29 is 9.18 Å². The topological polar surface area (TPSA) is 52.0 Å². The number of Topliss-reactive ketones (excluding diaryl/α,β-unsaturated/α-hetero) is 1. The van der Waals surface area contributed by atoms with Crippen molar-refractivity contribution in [3.05, 3.63) is 70.1 Å². The molecule has 0 aliphatic carbocycles. The number of rotatable bonds is 6. The number of nitrogens with zero attached hydrogens (tertiary/aromatic N) is 2. The number of ketones is 1. The van der Waals surface area contributed by atoms with Gasteiger partial charge in [-0.15, -0.1) is 17.9 Å². The number of thioether (sulfide) groups is 1. The number of carbonyl (C=O) groups excluding carboxylic acids is 1. The van der Waals surface area contributed by atoms with E-state index in [4.69, 9.17) is 0 Å². The summed E-state index contributed by atoms with van der Waals surface area (Å²) >= 11 is 2.54. The Bertz CT molecular complexity index is 961. The molecule has 0 unspecified atom stereocenters. The standard InChI is InChI=1S/C17H13FN2O2S2/c1-2-8-20-16(22)15-13(7-9-23-15)19-17(20)24-10-14(21)11-3-5-12(18)6-4-11/h2-7,9H,1,8,10H2. The number of hydrogen-bond acceptors (Lipinski definition) is 5. The molecule has 0 N–H and O–H groups in total. The molecule has 0 amide bonds. The van der Waals surface area contributed by atoms with Gasteiger partial charge in [0.15, 0.2) is 10.9 Å². The number of carbonyl (C=O) groups is 1. The van der Waals surface area contributed by atoms with E-state index in [0.717, 1.165) is 0 Å². The lowest BCUT2D eigenvalue weighted by Crippen LogP contribution is -2.22. The lowest BCUT2D eigenvalue weighted by molar-refractivity contribution is 0.102. The van der Waals surface area contributed by atoms with Crippen LogP contribution in [0.25, 0.3) is 10.2 Å². The molecule has 3 rings (SSSR count). The molecule has 4 nitrogen and oxygen atoms in total. The van der Waals surface area contributed by atoms with Crippen LogP contribution >= 0.6 is 23.1 Å². The minimum atomic E-state index is -0.386. The van der Waals surface area contributed by atoms with Crippen molar-refractivity contribution in [2.75, 3.05) is 5.75 Å². The van der Waals surface area contributed by atoms with Gasteiger partial charge < -0.3 is 0 Å². The highest BCUT2D eigenvalue weighted by Crippen LogP contribution is 2.22. The zero-order valence-electron chi connectivity index (χ0n) is 12.6. The number of benzene rings is 1. The fourth-order valence-electron chi connectivity index (χ4n) is 2.17. The monoisotopic (exact) mass is 360 g/mol. The quantitative estimate of drug-likeness (QED) is 0.291. The van der Waals surface area contributed by atoms with Gasteiger partial charge in [-0.05, 0) is 35.7 Å². The van der Waals surface area contributed by atoms with Crippen molar-refractivity contribution in [2.45, 2.75) is 11.7 Å². The molecule has 0 aliphatic rings. The van der Waals surface area contributed by atoms with Crippen LogP contribution in [-0.4, -0.2) is 21.1 Å². The summed E-state index contributed by atoms with van der Waals surface area (Å²) in [4.78, 5) is 29.2. The molecule has 0 bridgehead atoms. The first-order valence-corrected chi connectivity index (χ1v) is 8.97. The number of aromatic nitrogens is 2. The highest BCUT2D eigenvalue weighted by atomic mass is 32.2. The SMILES string of the molecule is C=CCn1c(SCC(=O)c2ccc(F)cc2)nc2ccsc2c1=O. The number of halogens is 1. The van der Waals surface area contributed by atoms with Crippen molar-refractivity contribution in [3.63, 3.8) is 0 Å². The van der Waals surface area contributed by atoms with Gasteiger partial charge >= 0.3 is 0 Å². The van der Waals surface area contributed by atoms with E-state index in [0.29, 0.717) is 27.5 Å². The second kappa shape index (κ2) is 7.11. The third-order valence-corrected chi connectivity index (χ3v) is 5.21. The fraction of sp³-hybridized carbons (Fsp3) is 0.118. The maximum absolute atomic E-state index is 12.9. The Kier molecular flexibility index (Phi) is 4.92. The largest absolute Gasteiger partial charge is 0.293 e. The predicted molar refractivity (Wildman–Crippen MR) is 95.5 cm³/mol. The summed E-state index contributed by atoms with van der Waals surface area (Å²) < 4.78 is 15.0. The zero-order chi connectivity index (χ0) is 17.1. The molecule has 0 aliphatic heterocycles. The van der Waals surface area contributed by atoms with Crippen molar-refractivity contribution in [2.24, 2.45) is 0 Å². The van der Waals surface area contributed by atoms with Crippen LogP contribution in [0.15, 0.2) is 58.3 Å². The van der Waals surface area contributed by atoms with E-state index in [-0.39, 0.29) is 22.9 Å². The summed E-state index contributed by atoms with van der Waals surface area (Å²) in [5, 5.41) is 2.29. The lowest BCUT2D eigenvalue weighted by atomic mass is 10.1. The maximum atomic E-state index is 12.9. The van der Waals surface area contributed by atoms with Crippen molar-refractivity contribution >= 4 is 39.1 Å². The summed E-state index contributed by atoms with van der Waals surface area (Å²) in [6.07, 6.45) is 1.62. The number of thiophene rings is 1. The molecule has 0 radical (unpaired) electrons. The Morgan fingerprint density at radius 2 is 2.08 bits per heavy atom. The highest BCUT2D eigenvalue weighted by molar-refractivity contribution is 7.99. The summed E-state index contributed by atoms with van der Waals surface area (Å²) in [6, 6.07) is 7.18. The van der Waals surface area contributed by atoms with E-state index in [9.17, 15) is 14.0 Å². The second-order valence-electron chi connectivity index (χ2n) is 4.95. The molecule has 122 valence electrons. The minimum Gasteiger partial charge on any atom is -0.293 e. The van der Waals surface area contributed by atoms with Crippen LogP contribution in [0.5, 0.6) is 0 Å². The summed E-state index contributed by atoms with van der Waals surface area (Å²) in [5.74, 6) is -0.418. The first-order valence-electron chi connectivity index (χ1n) is 7.10. The van der Waals surface area contributed by atoms with Gasteiger partial charge in [0.25, 0.3) is 5.56 Å². The van der Waals surface area contributed by atoms with Crippen LogP contribution in [0.4, 0.5) is 4.39 Å². The van der Waals surface area contributed by atoms with Crippen LogP contribution in [0.2, 0.25) is 0 Å². The molecule has 0 atom stereocenters. The number of allylic oxidation sites excluding steroid dienone is 1. The molecule has 0 spiro atoms. The molecule has 0 saturated heterocycles. The first kappa shape index (κ1) is 16.6. The van der Waals surface area contributed by atoms with Crippen LogP contribution in [-0.2, 0) is 6.54 Å². The van der Waals surface area contributed by atoms with Gasteiger partial charge in [-0.2, -0.15) is 0 Å².